The normalized spacial score (nSPS) is 9.68. The molecule has 2 aromatic carbocycles. The predicted octanol–water partition coefficient (Wildman–Crippen LogP) is 3.78. The Morgan fingerprint density at radius 2 is 1.63 bits per heavy atom. The minimum atomic E-state index is 0.452. The Morgan fingerprint density at radius 1 is 0.947 bits per heavy atom. The molecule has 0 amide bonds. The van der Waals surface area contributed by atoms with E-state index in [0.717, 1.165) is 10.2 Å². The molecular formula is C15H12BrNO2. The van der Waals surface area contributed by atoms with Gasteiger partial charge in [-0.15, -0.1) is 0 Å². The Morgan fingerprint density at radius 3 is 2.26 bits per heavy atom. The smallest absolute Gasteiger partial charge is 0.122 e. The molecule has 4 heteroatoms. The Balaban J connectivity index is 1.80. The van der Waals surface area contributed by atoms with Crippen LogP contribution < -0.4 is 9.47 Å². The Labute approximate surface area is 120 Å². The third-order valence-corrected chi connectivity index (χ3v) is 3.08. The van der Waals surface area contributed by atoms with E-state index in [1.807, 2.05) is 30.3 Å². The second-order valence-corrected chi connectivity index (χ2v) is 4.62. The molecule has 0 bridgehead atoms. The lowest BCUT2D eigenvalue weighted by Gasteiger charge is -2.08. The minimum Gasteiger partial charge on any atom is -0.490 e. The van der Waals surface area contributed by atoms with Crippen molar-refractivity contribution in [3.8, 4) is 17.6 Å². The first-order valence-electron chi connectivity index (χ1n) is 5.80. The molecule has 0 heterocycles. The summed E-state index contributed by atoms with van der Waals surface area (Å²) in [4.78, 5) is 0. The van der Waals surface area contributed by atoms with E-state index in [9.17, 15) is 0 Å². The van der Waals surface area contributed by atoms with Gasteiger partial charge in [0.1, 0.15) is 30.8 Å². The van der Waals surface area contributed by atoms with E-state index < -0.39 is 0 Å². The van der Waals surface area contributed by atoms with Crippen LogP contribution in [0.25, 0.3) is 0 Å². The molecule has 2 rings (SSSR count). The molecule has 0 fully saturated rings. The SMILES string of the molecule is N#Cc1ccc(OCCOc2ccccc2)cc1Br. The lowest BCUT2D eigenvalue weighted by atomic mass is 10.2. The molecule has 0 aliphatic rings. The van der Waals surface area contributed by atoms with Gasteiger partial charge in [-0.05, 0) is 46.3 Å². The third kappa shape index (κ3) is 4.01. The van der Waals surface area contributed by atoms with Crippen molar-refractivity contribution in [3.63, 3.8) is 0 Å². The van der Waals surface area contributed by atoms with Crippen molar-refractivity contribution < 1.29 is 9.47 Å². The molecule has 0 aliphatic heterocycles. The molecule has 0 radical (unpaired) electrons. The molecule has 0 N–H and O–H groups in total. The first-order chi connectivity index (χ1) is 9.29. The van der Waals surface area contributed by atoms with Crippen molar-refractivity contribution in [2.75, 3.05) is 13.2 Å². The highest BCUT2D eigenvalue weighted by Gasteiger charge is 2.01. The maximum atomic E-state index is 8.81. The standard InChI is InChI=1S/C15H12BrNO2/c16-15-10-14(7-6-12(15)11-17)19-9-8-18-13-4-2-1-3-5-13/h1-7,10H,8-9H2. The molecule has 19 heavy (non-hydrogen) atoms. The zero-order valence-electron chi connectivity index (χ0n) is 10.2. The largest absolute Gasteiger partial charge is 0.490 e. The van der Waals surface area contributed by atoms with E-state index in [1.165, 1.54) is 0 Å². The van der Waals surface area contributed by atoms with Gasteiger partial charge in [0.05, 0.1) is 5.56 Å². The maximum Gasteiger partial charge on any atom is 0.122 e. The van der Waals surface area contributed by atoms with Gasteiger partial charge in [0.25, 0.3) is 0 Å². The first-order valence-corrected chi connectivity index (χ1v) is 6.59. The van der Waals surface area contributed by atoms with Crippen LogP contribution >= 0.6 is 15.9 Å². The summed E-state index contributed by atoms with van der Waals surface area (Å²) in [5.74, 6) is 1.54. The summed E-state index contributed by atoms with van der Waals surface area (Å²) in [5.41, 5.74) is 0.591. The zero-order valence-corrected chi connectivity index (χ0v) is 11.8. The fourth-order valence-corrected chi connectivity index (χ4v) is 1.96. The Bertz CT molecular complexity index is 578. The summed E-state index contributed by atoms with van der Waals surface area (Å²) in [6.45, 7) is 0.925. The van der Waals surface area contributed by atoms with Gasteiger partial charge in [-0.2, -0.15) is 5.26 Å². The molecule has 0 atom stereocenters. The van der Waals surface area contributed by atoms with Crippen LogP contribution in [-0.2, 0) is 0 Å². The second-order valence-electron chi connectivity index (χ2n) is 3.76. The molecule has 0 saturated heterocycles. The summed E-state index contributed by atoms with van der Waals surface area (Å²) in [6, 6.07) is 16.9. The monoisotopic (exact) mass is 317 g/mol. The summed E-state index contributed by atoms with van der Waals surface area (Å²) in [7, 11) is 0. The van der Waals surface area contributed by atoms with Crippen LogP contribution in [0.15, 0.2) is 53.0 Å². The van der Waals surface area contributed by atoms with Crippen LogP contribution in [-0.4, -0.2) is 13.2 Å². The molecular weight excluding hydrogens is 306 g/mol. The van der Waals surface area contributed by atoms with Crippen LogP contribution in [0.2, 0.25) is 0 Å². The van der Waals surface area contributed by atoms with Gasteiger partial charge >= 0.3 is 0 Å². The number of benzene rings is 2. The van der Waals surface area contributed by atoms with Gasteiger partial charge in [0, 0.05) is 4.47 Å². The summed E-state index contributed by atoms with van der Waals surface area (Å²) < 4.78 is 11.8. The van der Waals surface area contributed by atoms with Crippen LogP contribution in [0.1, 0.15) is 5.56 Å². The molecule has 3 nitrogen and oxygen atoms in total. The predicted molar refractivity (Wildman–Crippen MR) is 76.3 cm³/mol. The Hall–Kier alpha value is -1.99. The molecule has 2 aromatic rings. The number of ether oxygens (including phenoxy) is 2. The molecule has 0 aromatic heterocycles. The number of hydrogen-bond donors (Lipinski definition) is 0. The maximum absolute atomic E-state index is 8.81. The van der Waals surface area contributed by atoms with Crippen LogP contribution in [0.3, 0.4) is 0 Å². The van der Waals surface area contributed by atoms with Crippen LogP contribution in [0.5, 0.6) is 11.5 Å². The highest BCUT2D eigenvalue weighted by molar-refractivity contribution is 9.10. The second kappa shape index (κ2) is 6.81. The van der Waals surface area contributed by atoms with Crippen molar-refractivity contribution in [2.45, 2.75) is 0 Å². The van der Waals surface area contributed by atoms with E-state index in [1.54, 1.807) is 18.2 Å². The van der Waals surface area contributed by atoms with Crippen molar-refractivity contribution in [1.82, 2.24) is 0 Å². The Kier molecular flexibility index (Phi) is 4.82. The van der Waals surface area contributed by atoms with Gasteiger partial charge < -0.3 is 9.47 Å². The topological polar surface area (TPSA) is 42.2 Å². The minimum absolute atomic E-state index is 0.452. The van der Waals surface area contributed by atoms with Gasteiger partial charge in [0.2, 0.25) is 0 Å². The van der Waals surface area contributed by atoms with Crippen LogP contribution in [0, 0.1) is 11.3 Å². The number of rotatable bonds is 5. The number of halogens is 1. The van der Waals surface area contributed by atoms with Gasteiger partial charge in [-0.25, -0.2) is 0 Å². The van der Waals surface area contributed by atoms with E-state index >= 15 is 0 Å². The summed E-state index contributed by atoms with van der Waals surface area (Å²) in [6.07, 6.45) is 0. The lowest BCUT2D eigenvalue weighted by molar-refractivity contribution is 0.217. The highest BCUT2D eigenvalue weighted by Crippen LogP contribution is 2.22. The molecule has 0 unspecified atom stereocenters. The van der Waals surface area contributed by atoms with Crippen molar-refractivity contribution in [2.24, 2.45) is 0 Å². The highest BCUT2D eigenvalue weighted by atomic mass is 79.9. The van der Waals surface area contributed by atoms with E-state index in [-0.39, 0.29) is 0 Å². The number of para-hydroxylation sites is 1. The molecule has 96 valence electrons. The zero-order chi connectivity index (χ0) is 13.5. The fourth-order valence-electron chi connectivity index (χ4n) is 1.51. The molecule has 0 saturated carbocycles. The van der Waals surface area contributed by atoms with E-state index in [0.29, 0.717) is 24.5 Å². The summed E-state index contributed by atoms with van der Waals surface area (Å²) in [5, 5.41) is 8.81. The first kappa shape index (κ1) is 13.4. The van der Waals surface area contributed by atoms with Crippen LogP contribution in [0.4, 0.5) is 0 Å². The van der Waals surface area contributed by atoms with Crippen molar-refractivity contribution in [1.29, 1.82) is 5.26 Å². The molecule has 0 aliphatic carbocycles. The quantitative estimate of drug-likeness (QED) is 0.788. The number of hydrogen-bond acceptors (Lipinski definition) is 3. The van der Waals surface area contributed by atoms with E-state index in [4.69, 9.17) is 14.7 Å². The lowest BCUT2D eigenvalue weighted by Crippen LogP contribution is -2.08. The van der Waals surface area contributed by atoms with E-state index in [2.05, 4.69) is 22.0 Å². The fraction of sp³-hybridized carbons (Fsp3) is 0.133. The summed E-state index contributed by atoms with van der Waals surface area (Å²) >= 11 is 3.32. The average Bonchev–Trinajstić information content (AvgIpc) is 2.45. The van der Waals surface area contributed by atoms with Gasteiger partial charge in [0.15, 0.2) is 0 Å². The van der Waals surface area contributed by atoms with Gasteiger partial charge in [-0.1, -0.05) is 18.2 Å². The van der Waals surface area contributed by atoms with Gasteiger partial charge in [-0.3, -0.25) is 0 Å². The number of nitriles is 1. The molecule has 0 spiro atoms. The van der Waals surface area contributed by atoms with Crippen molar-refractivity contribution >= 4 is 15.9 Å². The third-order valence-electron chi connectivity index (χ3n) is 2.42. The average molecular weight is 318 g/mol. The van der Waals surface area contributed by atoms with Crippen molar-refractivity contribution in [3.05, 3.63) is 58.6 Å². The number of nitrogens with zero attached hydrogens (tertiary/aromatic N) is 1.